The minimum atomic E-state index is -0.157. The summed E-state index contributed by atoms with van der Waals surface area (Å²) >= 11 is 0. The smallest absolute Gasteiger partial charge is 0.469 e. The predicted octanol–water partition coefficient (Wildman–Crippen LogP) is 4.08. The third-order valence-electron chi connectivity index (χ3n) is 2.66. The van der Waals surface area contributed by atoms with E-state index in [1.54, 1.807) is 6.92 Å². The van der Waals surface area contributed by atoms with Crippen LogP contribution in [0.15, 0.2) is 54.6 Å². The summed E-state index contributed by atoms with van der Waals surface area (Å²) in [6.07, 6.45) is 0.469. The standard InChI is InChI=1S/C10H13O2.C5H5.C4H8O2.Fe/c1-8(2)10(11)12-7-9-5-3-4-6-9;1-2-4-5-3-1;1-3-4(5)6-2;/h3-6,8H,7H2,1-2H3;1-5H;3H2,1-2H3;/q2*-1;;+2. The van der Waals surface area contributed by atoms with Gasteiger partial charge in [-0.15, -0.1) is 5.56 Å². The van der Waals surface area contributed by atoms with Gasteiger partial charge in [-0.05, 0) is 0 Å². The maximum absolute atomic E-state index is 11.0. The molecule has 5 heteroatoms. The Morgan fingerprint density at radius 1 is 1.12 bits per heavy atom. The first-order chi connectivity index (χ1) is 11.0. The maximum Gasteiger partial charge on any atom is 2.00 e. The molecule has 0 aliphatic rings. The second-order valence-corrected chi connectivity index (χ2v) is 4.95. The zero-order chi connectivity index (χ0) is 17.5. The van der Waals surface area contributed by atoms with Gasteiger partial charge in [0.15, 0.2) is 0 Å². The molecule has 0 aliphatic carbocycles. The van der Waals surface area contributed by atoms with Crippen LogP contribution in [0.4, 0.5) is 0 Å². The van der Waals surface area contributed by atoms with Crippen LogP contribution in [0, 0.1) is 5.92 Å². The molecule has 0 fully saturated rings. The monoisotopic (exact) mass is 374 g/mol. The second-order valence-electron chi connectivity index (χ2n) is 4.95. The molecule has 0 atom stereocenters. The second kappa shape index (κ2) is 16.0. The van der Waals surface area contributed by atoms with Gasteiger partial charge >= 0.3 is 29.0 Å². The van der Waals surface area contributed by atoms with Crippen molar-refractivity contribution >= 4 is 11.9 Å². The third kappa shape index (κ3) is 13.8. The van der Waals surface area contributed by atoms with E-state index >= 15 is 0 Å². The van der Waals surface area contributed by atoms with Crippen LogP contribution in [0.2, 0.25) is 0 Å². The minimum Gasteiger partial charge on any atom is -0.469 e. The maximum atomic E-state index is 11.0. The van der Waals surface area contributed by atoms with Crippen LogP contribution in [0.25, 0.3) is 0 Å². The SMILES string of the molecule is CC(C)C(=O)OCc1ccc[cH-]1.CCC(=O)OC.[Fe+2].c1cc[cH-]c1. The molecule has 2 aromatic rings. The fraction of sp³-hybridized carbons (Fsp3) is 0.368. The van der Waals surface area contributed by atoms with Gasteiger partial charge in [0, 0.05) is 6.42 Å². The molecule has 134 valence electrons. The van der Waals surface area contributed by atoms with Crippen LogP contribution in [-0.4, -0.2) is 19.0 Å². The average Bonchev–Trinajstić information content (AvgIpc) is 3.27. The van der Waals surface area contributed by atoms with Crippen molar-refractivity contribution in [3.63, 3.8) is 0 Å². The van der Waals surface area contributed by atoms with Crippen LogP contribution in [0.1, 0.15) is 32.8 Å². The van der Waals surface area contributed by atoms with E-state index in [1.807, 2.05) is 68.4 Å². The van der Waals surface area contributed by atoms with Crippen molar-refractivity contribution < 1.29 is 36.1 Å². The van der Waals surface area contributed by atoms with Gasteiger partial charge < -0.3 is 9.47 Å². The van der Waals surface area contributed by atoms with E-state index in [2.05, 4.69) is 4.74 Å². The Labute approximate surface area is 155 Å². The summed E-state index contributed by atoms with van der Waals surface area (Å²) in [5.74, 6) is -0.342. The molecule has 0 saturated heterocycles. The van der Waals surface area contributed by atoms with Gasteiger partial charge in [-0.25, -0.2) is 24.3 Å². The molecule has 0 amide bonds. The third-order valence-corrected chi connectivity index (χ3v) is 2.66. The summed E-state index contributed by atoms with van der Waals surface area (Å²) in [6, 6.07) is 17.7. The molecule has 4 nitrogen and oxygen atoms in total. The van der Waals surface area contributed by atoms with Crippen molar-refractivity contribution in [3.05, 3.63) is 60.2 Å². The number of carbonyl (C=O) groups excluding carboxylic acids is 2. The van der Waals surface area contributed by atoms with E-state index in [1.165, 1.54) is 7.11 Å². The first kappa shape index (κ1) is 24.4. The van der Waals surface area contributed by atoms with E-state index in [0.717, 1.165) is 5.56 Å². The number of ether oxygens (including phenoxy) is 2. The van der Waals surface area contributed by atoms with Gasteiger partial charge in [-0.3, -0.25) is 9.59 Å². The van der Waals surface area contributed by atoms with Crippen molar-refractivity contribution in [2.75, 3.05) is 7.11 Å². The molecule has 0 unspecified atom stereocenters. The fourth-order valence-electron chi connectivity index (χ4n) is 1.30. The summed E-state index contributed by atoms with van der Waals surface area (Å²) in [4.78, 5) is 21.0. The number of hydrogen-bond acceptors (Lipinski definition) is 4. The van der Waals surface area contributed by atoms with Crippen LogP contribution in [0.3, 0.4) is 0 Å². The molecule has 0 aliphatic heterocycles. The average molecular weight is 374 g/mol. The van der Waals surface area contributed by atoms with Crippen molar-refractivity contribution in [2.24, 2.45) is 5.92 Å². The summed E-state index contributed by atoms with van der Waals surface area (Å²) in [7, 11) is 1.38. The van der Waals surface area contributed by atoms with Gasteiger partial charge in [0.05, 0.1) is 19.6 Å². The minimum absolute atomic E-state index is 0. The van der Waals surface area contributed by atoms with Gasteiger partial charge in [0.2, 0.25) is 0 Å². The zero-order valence-corrected chi connectivity index (χ0v) is 15.8. The summed E-state index contributed by atoms with van der Waals surface area (Å²) in [6.45, 7) is 5.80. The summed E-state index contributed by atoms with van der Waals surface area (Å²) in [5, 5.41) is 0. The first-order valence-electron chi connectivity index (χ1n) is 7.62. The van der Waals surface area contributed by atoms with Crippen molar-refractivity contribution in [3.8, 4) is 0 Å². The van der Waals surface area contributed by atoms with Gasteiger partial charge in [0.25, 0.3) is 0 Å². The number of hydrogen-bond donors (Lipinski definition) is 0. The van der Waals surface area contributed by atoms with E-state index in [-0.39, 0.29) is 34.9 Å². The Morgan fingerprint density at radius 3 is 2.04 bits per heavy atom. The Kier molecular flexibility index (Phi) is 16.3. The molecule has 0 aromatic heterocycles. The molecule has 0 spiro atoms. The van der Waals surface area contributed by atoms with Crippen molar-refractivity contribution in [1.82, 2.24) is 0 Å². The largest absolute Gasteiger partial charge is 2.00 e. The van der Waals surface area contributed by atoms with E-state index in [0.29, 0.717) is 13.0 Å². The molecule has 2 aromatic carbocycles. The van der Waals surface area contributed by atoms with Gasteiger partial charge in [-0.2, -0.15) is 30.3 Å². The number of esters is 2. The molecule has 0 saturated carbocycles. The van der Waals surface area contributed by atoms with E-state index < -0.39 is 0 Å². The molecule has 0 bridgehead atoms. The van der Waals surface area contributed by atoms with E-state index in [9.17, 15) is 9.59 Å². The van der Waals surface area contributed by atoms with Crippen LogP contribution < -0.4 is 0 Å². The Hall–Kier alpha value is -1.84. The Bertz CT molecular complexity index is 478. The number of carbonyl (C=O) groups is 2. The fourth-order valence-corrected chi connectivity index (χ4v) is 1.30. The quantitative estimate of drug-likeness (QED) is 0.460. The van der Waals surface area contributed by atoms with Crippen LogP contribution >= 0.6 is 0 Å². The Balaban J connectivity index is 0. The van der Waals surface area contributed by atoms with Crippen molar-refractivity contribution in [1.29, 1.82) is 0 Å². The van der Waals surface area contributed by atoms with Crippen molar-refractivity contribution in [2.45, 2.75) is 33.8 Å². The number of rotatable bonds is 4. The van der Waals surface area contributed by atoms with Crippen LogP contribution in [-0.2, 0) is 42.7 Å². The molecular weight excluding hydrogens is 348 g/mol. The number of methoxy groups -OCH3 is 1. The summed E-state index contributed by atoms with van der Waals surface area (Å²) < 4.78 is 9.27. The molecule has 24 heavy (non-hydrogen) atoms. The van der Waals surface area contributed by atoms with E-state index in [4.69, 9.17) is 4.74 Å². The molecule has 0 heterocycles. The topological polar surface area (TPSA) is 52.6 Å². The van der Waals surface area contributed by atoms with Gasteiger partial charge in [0.1, 0.15) is 0 Å². The predicted molar refractivity (Wildman–Crippen MR) is 91.0 cm³/mol. The molecule has 0 radical (unpaired) electrons. The first-order valence-corrected chi connectivity index (χ1v) is 7.62. The summed E-state index contributed by atoms with van der Waals surface area (Å²) in [5.41, 5.74) is 1.05. The zero-order valence-electron chi connectivity index (χ0n) is 14.7. The molecule has 0 N–H and O–H groups in total. The Morgan fingerprint density at radius 2 is 1.75 bits per heavy atom. The molecular formula is C19H26FeO4. The molecule has 2 rings (SSSR count). The van der Waals surface area contributed by atoms with Crippen LogP contribution in [0.5, 0.6) is 0 Å². The van der Waals surface area contributed by atoms with Gasteiger partial charge in [-0.1, -0.05) is 20.8 Å². The normalized spacial score (nSPS) is 8.71.